The Labute approximate surface area is 106 Å². The van der Waals surface area contributed by atoms with Crippen molar-refractivity contribution < 1.29 is 0 Å². The molecular formula is C16H25N. The van der Waals surface area contributed by atoms with Crippen molar-refractivity contribution in [1.29, 1.82) is 0 Å². The second-order valence-electron chi connectivity index (χ2n) is 5.80. The number of nitrogens with one attached hydrogen (secondary N) is 1. The van der Waals surface area contributed by atoms with Gasteiger partial charge in [-0.05, 0) is 67.8 Å². The van der Waals surface area contributed by atoms with Crippen molar-refractivity contribution in [1.82, 2.24) is 5.32 Å². The normalized spacial score (nSPS) is 25.2. The number of aryl methyl sites for hydroxylation is 1. The zero-order valence-corrected chi connectivity index (χ0v) is 11.6. The first-order valence-corrected chi connectivity index (χ1v) is 6.88. The minimum atomic E-state index is 0.746. The summed E-state index contributed by atoms with van der Waals surface area (Å²) < 4.78 is 0. The van der Waals surface area contributed by atoms with E-state index in [0.717, 1.165) is 17.8 Å². The van der Waals surface area contributed by atoms with Crippen molar-refractivity contribution in [2.75, 3.05) is 13.1 Å². The lowest BCUT2D eigenvalue weighted by Gasteiger charge is -2.36. The highest BCUT2D eigenvalue weighted by atomic mass is 14.9. The fraction of sp³-hybridized carbons (Fsp3) is 0.625. The molecular weight excluding hydrogens is 206 g/mol. The van der Waals surface area contributed by atoms with Crippen LogP contribution in [-0.4, -0.2) is 13.1 Å². The molecule has 0 aromatic heterocycles. The van der Waals surface area contributed by atoms with Crippen LogP contribution in [0.2, 0.25) is 0 Å². The molecule has 94 valence electrons. The summed E-state index contributed by atoms with van der Waals surface area (Å²) in [5, 5.41) is 3.55. The standard InChI is InChI=1S/C16H25N/c1-11(2)16-10-17-9-8-15(16)14-7-5-6-12(3)13(14)4/h5-7,11,15-17H,8-10H2,1-4H3. The highest BCUT2D eigenvalue weighted by Crippen LogP contribution is 2.36. The van der Waals surface area contributed by atoms with Crippen LogP contribution in [-0.2, 0) is 0 Å². The first-order chi connectivity index (χ1) is 8.11. The first kappa shape index (κ1) is 12.6. The van der Waals surface area contributed by atoms with Gasteiger partial charge in [0.25, 0.3) is 0 Å². The van der Waals surface area contributed by atoms with Gasteiger partial charge in [-0.3, -0.25) is 0 Å². The maximum absolute atomic E-state index is 3.55. The van der Waals surface area contributed by atoms with Gasteiger partial charge in [0.05, 0.1) is 0 Å². The minimum Gasteiger partial charge on any atom is -0.316 e. The molecule has 2 unspecified atom stereocenters. The molecule has 1 heteroatoms. The minimum absolute atomic E-state index is 0.746. The Morgan fingerprint density at radius 3 is 2.71 bits per heavy atom. The molecule has 1 saturated heterocycles. The van der Waals surface area contributed by atoms with Gasteiger partial charge < -0.3 is 5.32 Å². The average molecular weight is 231 g/mol. The van der Waals surface area contributed by atoms with E-state index in [1.54, 1.807) is 5.56 Å². The number of hydrogen-bond acceptors (Lipinski definition) is 1. The maximum Gasteiger partial charge on any atom is -0.00122 e. The van der Waals surface area contributed by atoms with Crippen LogP contribution in [0, 0.1) is 25.7 Å². The number of benzene rings is 1. The molecule has 1 nitrogen and oxygen atoms in total. The summed E-state index contributed by atoms with van der Waals surface area (Å²) in [6.45, 7) is 11.6. The molecule has 1 aliphatic heterocycles. The Bertz CT molecular complexity index is 381. The topological polar surface area (TPSA) is 12.0 Å². The number of rotatable bonds is 2. The van der Waals surface area contributed by atoms with Gasteiger partial charge in [0.2, 0.25) is 0 Å². The van der Waals surface area contributed by atoms with Crippen molar-refractivity contribution in [3.05, 3.63) is 34.9 Å². The Balaban J connectivity index is 2.33. The number of hydrogen-bond donors (Lipinski definition) is 1. The van der Waals surface area contributed by atoms with E-state index in [1.807, 2.05) is 0 Å². The largest absolute Gasteiger partial charge is 0.316 e. The van der Waals surface area contributed by atoms with E-state index in [2.05, 4.69) is 51.2 Å². The Morgan fingerprint density at radius 2 is 2.00 bits per heavy atom. The summed E-state index contributed by atoms with van der Waals surface area (Å²) in [6.07, 6.45) is 1.28. The molecule has 0 spiro atoms. The molecule has 0 amide bonds. The fourth-order valence-electron chi connectivity index (χ4n) is 3.14. The van der Waals surface area contributed by atoms with Crippen LogP contribution in [0.25, 0.3) is 0 Å². The van der Waals surface area contributed by atoms with Gasteiger partial charge in [0.15, 0.2) is 0 Å². The van der Waals surface area contributed by atoms with Crippen LogP contribution in [0.15, 0.2) is 18.2 Å². The SMILES string of the molecule is Cc1cccc(C2CCNCC2C(C)C)c1C. The van der Waals surface area contributed by atoms with E-state index >= 15 is 0 Å². The Kier molecular flexibility index (Phi) is 3.88. The van der Waals surface area contributed by atoms with E-state index < -0.39 is 0 Å². The Morgan fingerprint density at radius 1 is 1.24 bits per heavy atom. The highest BCUT2D eigenvalue weighted by molar-refractivity contribution is 5.36. The molecule has 0 saturated carbocycles. The van der Waals surface area contributed by atoms with Crippen molar-refractivity contribution in [2.24, 2.45) is 11.8 Å². The van der Waals surface area contributed by atoms with Gasteiger partial charge in [0, 0.05) is 0 Å². The van der Waals surface area contributed by atoms with Crippen LogP contribution >= 0.6 is 0 Å². The molecule has 17 heavy (non-hydrogen) atoms. The quantitative estimate of drug-likeness (QED) is 0.819. The zero-order chi connectivity index (χ0) is 12.4. The van der Waals surface area contributed by atoms with E-state index in [0.29, 0.717) is 0 Å². The van der Waals surface area contributed by atoms with Gasteiger partial charge in [-0.15, -0.1) is 0 Å². The lowest BCUT2D eigenvalue weighted by atomic mass is 9.74. The predicted molar refractivity (Wildman–Crippen MR) is 74.5 cm³/mol. The molecule has 1 aliphatic rings. The molecule has 1 N–H and O–H groups in total. The second-order valence-corrected chi connectivity index (χ2v) is 5.80. The van der Waals surface area contributed by atoms with Crippen LogP contribution in [0.1, 0.15) is 42.9 Å². The number of piperidine rings is 1. The van der Waals surface area contributed by atoms with Crippen molar-refractivity contribution in [3.8, 4) is 0 Å². The van der Waals surface area contributed by atoms with Crippen molar-refractivity contribution >= 4 is 0 Å². The van der Waals surface area contributed by atoms with E-state index in [9.17, 15) is 0 Å². The predicted octanol–water partition coefficient (Wildman–Crippen LogP) is 3.65. The van der Waals surface area contributed by atoms with Crippen LogP contribution < -0.4 is 5.32 Å². The average Bonchev–Trinajstić information content (AvgIpc) is 2.33. The zero-order valence-electron chi connectivity index (χ0n) is 11.6. The van der Waals surface area contributed by atoms with Crippen molar-refractivity contribution in [2.45, 2.75) is 40.0 Å². The summed E-state index contributed by atoms with van der Waals surface area (Å²) in [5.41, 5.74) is 4.53. The van der Waals surface area contributed by atoms with Crippen LogP contribution in [0.4, 0.5) is 0 Å². The molecule has 1 aromatic carbocycles. The van der Waals surface area contributed by atoms with Gasteiger partial charge >= 0.3 is 0 Å². The van der Waals surface area contributed by atoms with Crippen molar-refractivity contribution in [3.63, 3.8) is 0 Å². The van der Waals surface area contributed by atoms with Gasteiger partial charge in [-0.2, -0.15) is 0 Å². The monoisotopic (exact) mass is 231 g/mol. The summed E-state index contributed by atoms with van der Waals surface area (Å²) in [7, 11) is 0. The van der Waals surface area contributed by atoms with E-state index in [1.165, 1.54) is 30.6 Å². The summed E-state index contributed by atoms with van der Waals surface area (Å²) in [5.74, 6) is 2.29. The molecule has 2 rings (SSSR count). The lowest BCUT2D eigenvalue weighted by Crippen LogP contribution is -2.38. The van der Waals surface area contributed by atoms with Gasteiger partial charge in [0.1, 0.15) is 0 Å². The first-order valence-electron chi connectivity index (χ1n) is 6.88. The summed E-state index contributed by atoms with van der Waals surface area (Å²) in [6, 6.07) is 6.79. The highest BCUT2D eigenvalue weighted by Gasteiger charge is 2.29. The van der Waals surface area contributed by atoms with Crippen LogP contribution in [0.5, 0.6) is 0 Å². The maximum atomic E-state index is 3.55. The molecule has 2 atom stereocenters. The molecule has 0 radical (unpaired) electrons. The molecule has 0 aliphatic carbocycles. The fourth-order valence-corrected chi connectivity index (χ4v) is 3.14. The van der Waals surface area contributed by atoms with Crippen LogP contribution in [0.3, 0.4) is 0 Å². The summed E-state index contributed by atoms with van der Waals surface area (Å²) in [4.78, 5) is 0. The molecule has 0 bridgehead atoms. The van der Waals surface area contributed by atoms with E-state index in [4.69, 9.17) is 0 Å². The van der Waals surface area contributed by atoms with E-state index in [-0.39, 0.29) is 0 Å². The third-order valence-corrected chi connectivity index (χ3v) is 4.43. The summed E-state index contributed by atoms with van der Waals surface area (Å²) >= 11 is 0. The molecule has 1 aromatic rings. The smallest absolute Gasteiger partial charge is 0.00122 e. The second kappa shape index (κ2) is 5.22. The third kappa shape index (κ3) is 2.55. The lowest BCUT2D eigenvalue weighted by molar-refractivity contribution is 0.254. The molecule has 1 heterocycles. The Hall–Kier alpha value is -0.820. The van der Waals surface area contributed by atoms with Gasteiger partial charge in [-0.1, -0.05) is 32.0 Å². The molecule has 1 fully saturated rings. The van der Waals surface area contributed by atoms with Gasteiger partial charge in [-0.25, -0.2) is 0 Å². The third-order valence-electron chi connectivity index (χ3n) is 4.43.